The summed E-state index contributed by atoms with van der Waals surface area (Å²) in [5.41, 5.74) is 1.86. The van der Waals surface area contributed by atoms with E-state index in [0.29, 0.717) is 5.92 Å². The number of aliphatic hydroxyl groups is 1. The molecule has 1 aliphatic heterocycles. The number of methoxy groups -OCH3 is 1. The van der Waals surface area contributed by atoms with Gasteiger partial charge in [-0.05, 0) is 25.5 Å². The van der Waals surface area contributed by atoms with Crippen LogP contribution in [0.5, 0.6) is 0 Å². The van der Waals surface area contributed by atoms with Gasteiger partial charge >= 0.3 is 0 Å². The van der Waals surface area contributed by atoms with Gasteiger partial charge < -0.3 is 14.7 Å². The zero-order chi connectivity index (χ0) is 12.3. The Labute approximate surface area is 102 Å². The first kappa shape index (κ1) is 12.3. The molecular formula is C13H20N2O2. The van der Waals surface area contributed by atoms with E-state index in [1.54, 1.807) is 14.0 Å². The quantitative estimate of drug-likeness (QED) is 0.862. The Morgan fingerprint density at radius 1 is 1.59 bits per heavy atom. The van der Waals surface area contributed by atoms with Crippen LogP contribution in [0.2, 0.25) is 0 Å². The van der Waals surface area contributed by atoms with Crippen molar-refractivity contribution in [3.05, 3.63) is 24.0 Å². The molecule has 2 rings (SSSR count). The second-order valence-corrected chi connectivity index (χ2v) is 4.67. The molecule has 1 saturated heterocycles. The highest BCUT2D eigenvalue weighted by Gasteiger charge is 2.22. The molecule has 2 atom stereocenters. The fourth-order valence-electron chi connectivity index (χ4n) is 2.27. The highest BCUT2D eigenvalue weighted by molar-refractivity contribution is 5.45. The van der Waals surface area contributed by atoms with Crippen LogP contribution in [0, 0.1) is 5.92 Å². The Kier molecular flexibility index (Phi) is 3.97. The summed E-state index contributed by atoms with van der Waals surface area (Å²) >= 11 is 0. The average molecular weight is 236 g/mol. The number of nitrogens with zero attached hydrogens (tertiary/aromatic N) is 2. The first-order valence-corrected chi connectivity index (χ1v) is 6.08. The van der Waals surface area contributed by atoms with E-state index in [-0.39, 0.29) is 0 Å². The summed E-state index contributed by atoms with van der Waals surface area (Å²) in [5, 5.41) is 9.40. The maximum absolute atomic E-state index is 9.40. The number of ether oxygens (including phenoxy) is 1. The van der Waals surface area contributed by atoms with Crippen LogP contribution in [0.1, 0.15) is 25.1 Å². The van der Waals surface area contributed by atoms with Crippen LogP contribution < -0.4 is 4.90 Å². The number of hydrogen-bond acceptors (Lipinski definition) is 4. The summed E-state index contributed by atoms with van der Waals surface area (Å²) in [5.74, 6) is 0.622. The minimum atomic E-state index is -0.496. The van der Waals surface area contributed by atoms with Crippen molar-refractivity contribution in [2.24, 2.45) is 5.92 Å². The molecule has 0 saturated carbocycles. The average Bonchev–Trinajstić information content (AvgIpc) is 2.78. The number of aliphatic hydroxyl groups excluding tert-OH is 1. The minimum Gasteiger partial charge on any atom is -0.387 e. The van der Waals surface area contributed by atoms with E-state index in [0.717, 1.165) is 31.1 Å². The Balaban J connectivity index is 1.99. The topological polar surface area (TPSA) is 45.6 Å². The van der Waals surface area contributed by atoms with E-state index in [2.05, 4.69) is 9.88 Å². The number of anilines is 1. The lowest BCUT2D eigenvalue weighted by atomic mass is 10.1. The number of hydrogen-bond donors (Lipinski definition) is 1. The van der Waals surface area contributed by atoms with Gasteiger partial charge in [-0.3, -0.25) is 4.98 Å². The molecule has 0 spiro atoms. The number of rotatable bonds is 4. The van der Waals surface area contributed by atoms with Crippen LogP contribution in [0.4, 0.5) is 5.69 Å². The third-order valence-electron chi connectivity index (χ3n) is 3.25. The fraction of sp³-hybridized carbons (Fsp3) is 0.615. The van der Waals surface area contributed by atoms with Crippen molar-refractivity contribution in [1.29, 1.82) is 0 Å². The van der Waals surface area contributed by atoms with Gasteiger partial charge in [0, 0.05) is 26.1 Å². The molecule has 0 amide bonds. The second kappa shape index (κ2) is 5.47. The highest BCUT2D eigenvalue weighted by Crippen LogP contribution is 2.24. The van der Waals surface area contributed by atoms with E-state index >= 15 is 0 Å². The van der Waals surface area contributed by atoms with Gasteiger partial charge in [0.1, 0.15) is 0 Å². The highest BCUT2D eigenvalue weighted by atomic mass is 16.5. The standard InChI is InChI=1S/C13H20N2O2/c1-10(16)13-4-3-12(7-14-13)15-6-5-11(8-15)9-17-2/h3-4,7,10-11,16H,5-6,8-9H2,1-2H3/t10-,11?/m0/s1. The Hall–Kier alpha value is -1.13. The summed E-state index contributed by atoms with van der Waals surface area (Å²) in [6, 6.07) is 3.92. The molecule has 1 unspecified atom stereocenters. The SMILES string of the molecule is COCC1CCN(c2ccc([C@H](C)O)nc2)C1. The zero-order valence-electron chi connectivity index (χ0n) is 10.5. The van der Waals surface area contributed by atoms with E-state index in [9.17, 15) is 5.11 Å². The van der Waals surface area contributed by atoms with Crippen LogP contribution >= 0.6 is 0 Å². The number of pyridine rings is 1. The largest absolute Gasteiger partial charge is 0.387 e. The van der Waals surface area contributed by atoms with E-state index in [1.165, 1.54) is 6.42 Å². The first-order chi connectivity index (χ1) is 8.20. The van der Waals surface area contributed by atoms with Gasteiger partial charge in [0.15, 0.2) is 0 Å². The molecule has 0 aromatic carbocycles. The summed E-state index contributed by atoms with van der Waals surface area (Å²) in [7, 11) is 1.75. The predicted molar refractivity (Wildman–Crippen MR) is 67.1 cm³/mol. The normalized spacial score (nSPS) is 21.8. The van der Waals surface area contributed by atoms with E-state index in [4.69, 9.17) is 4.74 Å². The summed E-state index contributed by atoms with van der Waals surface area (Å²) in [6.07, 6.45) is 2.52. The van der Waals surface area contributed by atoms with Crippen molar-refractivity contribution in [2.45, 2.75) is 19.4 Å². The Morgan fingerprint density at radius 2 is 2.41 bits per heavy atom. The molecule has 4 heteroatoms. The molecule has 0 aliphatic carbocycles. The summed E-state index contributed by atoms with van der Waals surface area (Å²) < 4.78 is 5.19. The maximum Gasteiger partial charge on any atom is 0.0931 e. The molecule has 4 nitrogen and oxygen atoms in total. The number of aromatic nitrogens is 1. The molecule has 0 radical (unpaired) electrons. The predicted octanol–water partition coefficient (Wildman–Crippen LogP) is 1.61. The Bertz CT molecular complexity index is 351. The molecule has 1 aromatic heterocycles. The summed E-state index contributed by atoms with van der Waals surface area (Å²) in [6.45, 7) is 4.65. The van der Waals surface area contributed by atoms with Gasteiger partial charge in [0.25, 0.3) is 0 Å². The fourth-order valence-corrected chi connectivity index (χ4v) is 2.27. The van der Waals surface area contributed by atoms with E-state index in [1.807, 2.05) is 18.3 Å². The zero-order valence-corrected chi connectivity index (χ0v) is 10.5. The molecule has 0 bridgehead atoms. The monoisotopic (exact) mass is 236 g/mol. The molecule has 17 heavy (non-hydrogen) atoms. The van der Waals surface area contributed by atoms with E-state index < -0.39 is 6.10 Å². The molecular weight excluding hydrogens is 216 g/mol. The third kappa shape index (κ3) is 2.96. The van der Waals surface area contributed by atoms with Crippen molar-refractivity contribution < 1.29 is 9.84 Å². The van der Waals surface area contributed by atoms with Gasteiger partial charge in [-0.25, -0.2) is 0 Å². The smallest absolute Gasteiger partial charge is 0.0931 e. The molecule has 2 heterocycles. The second-order valence-electron chi connectivity index (χ2n) is 4.67. The third-order valence-corrected chi connectivity index (χ3v) is 3.25. The van der Waals surface area contributed by atoms with Crippen LogP contribution in [0.15, 0.2) is 18.3 Å². The molecule has 1 aromatic rings. The Morgan fingerprint density at radius 3 is 3.00 bits per heavy atom. The van der Waals surface area contributed by atoms with Crippen LogP contribution in [-0.4, -0.2) is 36.9 Å². The molecule has 94 valence electrons. The van der Waals surface area contributed by atoms with Gasteiger partial charge in [-0.2, -0.15) is 0 Å². The summed E-state index contributed by atoms with van der Waals surface area (Å²) in [4.78, 5) is 6.59. The molecule has 1 fully saturated rings. The van der Waals surface area contributed by atoms with Crippen LogP contribution in [0.25, 0.3) is 0 Å². The van der Waals surface area contributed by atoms with Gasteiger partial charge in [-0.15, -0.1) is 0 Å². The molecule has 1 aliphatic rings. The van der Waals surface area contributed by atoms with Crippen LogP contribution in [0.3, 0.4) is 0 Å². The van der Waals surface area contributed by atoms with Crippen LogP contribution in [-0.2, 0) is 4.74 Å². The van der Waals surface area contributed by atoms with Crippen molar-refractivity contribution in [3.63, 3.8) is 0 Å². The van der Waals surface area contributed by atoms with Gasteiger partial charge in [0.05, 0.1) is 30.3 Å². The lowest BCUT2D eigenvalue weighted by molar-refractivity contribution is 0.161. The molecule has 1 N–H and O–H groups in total. The van der Waals surface area contributed by atoms with Crippen molar-refractivity contribution in [1.82, 2.24) is 4.98 Å². The van der Waals surface area contributed by atoms with Gasteiger partial charge in [-0.1, -0.05) is 0 Å². The maximum atomic E-state index is 9.40. The first-order valence-electron chi connectivity index (χ1n) is 6.08. The lowest BCUT2D eigenvalue weighted by Gasteiger charge is -2.18. The van der Waals surface area contributed by atoms with Crippen molar-refractivity contribution >= 4 is 5.69 Å². The van der Waals surface area contributed by atoms with Gasteiger partial charge in [0.2, 0.25) is 0 Å². The minimum absolute atomic E-state index is 0.496. The van der Waals surface area contributed by atoms with Crippen molar-refractivity contribution in [2.75, 3.05) is 31.7 Å². The van der Waals surface area contributed by atoms with Crippen molar-refractivity contribution in [3.8, 4) is 0 Å². The lowest BCUT2D eigenvalue weighted by Crippen LogP contribution is -2.21.